The molecule has 4 heteroatoms. The summed E-state index contributed by atoms with van der Waals surface area (Å²) in [5, 5.41) is 4.14. The predicted octanol–water partition coefficient (Wildman–Crippen LogP) is 4.80. The van der Waals surface area contributed by atoms with E-state index in [1.165, 1.54) is 0 Å². The molecule has 2 N–H and O–H groups in total. The number of rotatable bonds is 5. The molecular weight excluding hydrogens is 314 g/mol. The molecule has 0 spiro atoms. The second-order valence-electron chi connectivity index (χ2n) is 4.88. The van der Waals surface area contributed by atoms with E-state index in [4.69, 9.17) is 10.5 Å². The second kappa shape index (κ2) is 7.99. The van der Waals surface area contributed by atoms with Gasteiger partial charge in [0.1, 0.15) is 12.4 Å². The minimum Gasteiger partial charge on any atom is -0.489 e. The average molecular weight is 332 g/mol. The number of nitrogens with two attached hydrogens (primary N) is 1. The maximum Gasteiger partial charge on any atom is 0.119 e. The maximum atomic E-state index is 6.24. The zero-order chi connectivity index (χ0) is 14.5. The van der Waals surface area contributed by atoms with Crippen LogP contribution >= 0.6 is 23.7 Å². The molecule has 3 aromatic rings. The van der Waals surface area contributed by atoms with Crippen LogP contribution in [0.1, 0.15) is 22.7 Å². The first-order chi connectivity index (χ1) is 10.3. The summed E-state index contributed by atoms with van der Waals surface area (Å²) in [4.78, 5) is 0. The molecule has 0 saturated carbocycles. The van der Waals surface area contributed by atoms with Crippen molar-refractivity contribution < 1.29 is 4.74 Å². The Morgan fingerprint density at radius 1 is 0.909 bits per heavy atom. The summed E-state index contributed by atoms with van der Waals surface area (Å²) in [5.41, 5.74) is 9.65. The molecule has 1 aromatic heterocycles. The van der Waals surface area contributed by atoms with E-state index in [2.05, 4.69) is 23.6 Å². The van der Waals surface area contributed by atoms with Crippen LogP contribution in [0.15, 0.2) is 71.4 Å². The first-order valence-corrected chi connectivity index (χ1v) is 7.81. The Kier molecular flexibility index (Phi) is 6.01. The van der Waals surface area contributed by atoms with E-state index in [0.717, 1.165) is 22.4 Å². The van der Waals surface area contributed by atoms with Gasteiger partial charge < -0.3 is 10.5 Å². The molecule has 0 aliphatic carbocycles. The van der Waals surface area contributed by atoms with Crippen LogP contribution in [0.5, 0.6) is 5.75 Å². The van der Waals surface area contributed by atoms with Crippen LogP contribution < -0.4 is 10.5 Å². The van der Waals surface area contributed by atoms with Gasteiger partial charge in [-0.15, -0.1) is 12.4 Å². The van der Waals surface area contributed by atoms with Gasteiger partial charge in [-0.3, -0.25) is 0 Å². The highest BCUT2D eigenvalue weighted by Gasteiger charge is 2.09. The van der Waals surface area contributed by atoms with E-state index < -0.39 is 0 Å². The van der Waals surface area contributed by atoms with Crippen LogP contribution in [-0.2, 0) is 6.61 Å². The predicted molar refractivity (Wildman–Crippen MR) is 94.8 cm³/mol. The van der Waals surface area contributed by atoms with Gasteiger partial charge in [0.05, 0.1) is 6.04 Å². The largest absolute Gasteiger partial charge is 0.489 e. The molecule has 0 aliphatic rings. The standard InChI is InChI=1S/C18H17NOS.ClH/c19-18(16-10-11-21-13-16)15-6-8-17(9-7-15)20-12-14-4-2-1-3-5-14;/h1-11,13,18H,12,19H2;1H/t18-;/m0./s1. The van der Waals surface area contributed by atoms with Gasteiger partial charge in [-0.05, 0) is 45.6 Å². The van der Waals surface area contributed by atoms with E-state index >= 15 is 0 Å². The van der Waals surface area contributed by atoms with Gasteiger partial charge in [-0.1, -0.05) is 42.5 Å². The number of hydrogen-bond donors (Lipinski definition) is 1. The van der Waals surface area contributed by atoms with Crippen LogP contribution in [0.2, 0.25) is 0 Å². The smallest absolute Gasteiger partial charge is 0.119 e. The van der Waals surface area contributed by atoms with Crippen LogP contribution in [0.25, 0.3) is 0 Å². The Labute approximate surface area is 141 Å². The monoisotopic (exact) mass is 331 g/mol. The number of halogens is 1. The number of benzene rings is 2. The lowest BCUT2D eigenvalue weighted by molar-refractivity contribution is 0.306. The highest BCUT2D eigenvalue weighted by atomic mass is 35.5. The molecule has 0 radical (unpaired) electrons. The summed E-state index contributed by atoms with van der Waals surface area (Å²) >= 11 is 1.67. The van der Waals surface area contributed by atoms with Crippen molar-refractivity contribution in [3.05, 3.63) is 88.1 Å². The summed E-state index contributed by atoms with van der Waals surface area (Å²) < 4.78 is 5.78. The highest BCUT2D eigenvalue weighted by Crippen LogP contribution is 2.24. The fourth-order valence-electron chi connectivity index (χ4n) is 2.16. The lowest BCUT2D eigenvalue weighted by Crippen LogP contribution is -2.10. The van der Waals surface area contributed by atoms with E-state index in [9.17, 15) is 0 Å². The van der Waals surface area contributed by atoms with Crippen LogP contribution in [0.4, 0.5) is 0 Å². The minimum atomic E-state index is -0.0700. The lowest BCUT2D eigenvalue weighted by atomic mass is 10.0. The number of ether oxygens (including phenoxy) is 1. The fraction of sp³-hybridized carbons (Fsp3) is 0.111. The van der Waals surface area contributed by atoms with Crippen molar-refractivity contribution in [3.8, 4) is 5.75 Å². The third kappa shape index (κ3) is 4.10. The van der Waals surface area contributed by atoms with Crippen LogP contribution in [0.3, 0.4) is 0 Å². The summed E-state index contributed by atoms with van der Waals surface area (Å²) in [5.74, 6) is 0.861. The SMILES string of the molecule is Cl.N[C@@H](c1ccc(OCc2ccccc2)cc1)c1ccsc1. The Morgan fingerprint density at radius 3 is 2.27 bits per heavy atom. The number of thiophene rings is 1. The molecule has 0 unspecified atom stereocenters. The van der Waals surface area contributed by atoms with Gasteiger partial charge >= 0.3 is 0 Å². The van der Waals surface area contributed by atoms with Crippen molar-refractivity contribution in [1.29, 1.82) is 0 Å². The third-order valence-corrected chi connectivity index (χ3v) is 4.09. The van der Waals surface area contributed by atoms with Crippen molar-refractivity contribution in [3.63, 3.8) is 0 Å². The Balaban J connectivity index is 0.00000176. The van der Waals surface area contributed by atoms with Crippen LogP contribution in [0, 0.1) is 0 Å². The molecule has 0 amide bonds. The zero-order valence-electron chi connectivity index (χ0n) is 12.0. The molecule has 3 rings (SSSR count). The normalized spacial score (nSPS) is 11.5. The fourth-order valence-corrected chi connectivity index (χ4v) is 2.85. The lowest BCUT2D eigenvalue weighted by Gasteiger charge is -2.12. The third-order valence-electron chi connectivity index (χ3n) is 3.39. The van der Waals surface area contributed by atoms with E-state index in [1.54, 1.807) is 11.3 Å². The molecule has 2 aromatic carbocycles. The second-order valence-corrected chi connectivity index (χ2v) is 5.66. The van der Waals surface area contributed by atoms with Gasteiger partial charge in [-0.2, -0.15) is 11.3 Å². The zero-order valence-corrected chi connectivity index (χ0v) is 13.6. The van der Waals surface area contributed by atoms with Gasteiger partial charge in [0.2, 0.25) is 0 Å². The van der Waals surface area contributed by atoms with Crippen molar-refractivity contribution in [1.82, 2.24) is 0 Å². The van der Waals surface area contributed by atoms with E-state index in [-0.39, 0.29) is 18.4 Å². The summed E-state index contributed by atoms with van der Waals surface area (Å²) in [6.07, 6.45) is 0. The van der Waals surface area contributed by atoms with E-state index in [0.29, 0.717) is 6.61 Å². The maximum absolute atomic E-state index is 6.24. The van der Waals surface area contributed by atoms with E-state index in [1.807, 2.05) is 47.8 Å². The van der Waals surface area contributed by atoms with Crippen molar-refractivity contribution in [2.75, 3.05) is 0 Å². The molecule has 1 heterocycles. The molecule has 0 bridgehead atoms. The molecule has 114 valence electrons. The van der Waals surface area contributed by atoms with Gasteiger partial charge in [0, 0.05) is 0 Å². The van der Waals surface area contributed by atoms with Gasteiger partial charge in [0.15, 0.2) is 0 Å². The molecule has 0 aliphatic heterocycles. The Hall–Kier alpha value is -1.81. The molecule has 0 fully saturated rings. The number of hydrogen-bond acceptors (Lipinski definition) is 3. The van der Waals surface area contributed by atoms with Crippen molar-refractivity contribution >= 4 is 23.7 Å². The molecule has 1 atom stereocenters. The molecular formula is C18H18ClNOS. The molecule has 22 heavy (non-hydrogen) atoms. The highest BCUT2D eigenvalue weighted by molar-refractivity contribution is 7.08. The van der Waals surface area contributed by atoms with Crippen molar-refractivity contribution in [2.24, 2.45) is 5.73 Å². The minimum absolute atomic E-state index is 0. The molecule has 0 saturated heterocycles. The van der Waals surface area contributed by atoms with Crippen LogP contribution in [-0.4, -0.2) is 0 Å². The summed E-state index contributed by atoms with van der Waals surface area (Å²) in [6.45, 7) is 0.580. The topological polar surface area (TPSA) is 35.2 Å². The van der Waals surface area contributed by atoms with Crippen molar-refractivity contribution in [2.45, 2.75) is 12.6 Å². The first kappa shape index (κ1) is 16.6. The molecule has 2 nitrogen and oxygen atoms in total. The summed E-state index contributed by atoms with van der Waals surface area (Å²) in [7, 11) is 0. The summed E-state index contributed by atoms with van der Waals surface area (Å²) in [6, 6.07) is 20.2. The van der Waals surface area contributed by atoms with Gasteiger partial charge in [0.25, 0.3) is 0 Å². The Bertz CT molecular complexity index is 668. The Morgan fingerprint density at radius 2 is 1.64 bits per heavy atom. The quantitative estimate of drug-likeness (QED) is 0.729. The first-order valence-electron chi connectivity index (χ1n) is 6.87. The van der Waals surface area contributed by atoms with Gasteiger partial charge in [-0.25, -0.2) is 0 Å². The average Bonchev–Trinajstić information content (AvgIpc) is 3.08.